The maximum absolute atomic E-state index is 12.6. The molecule has 0 aliphatic heterocycles. The second-order valence-corrected chi connectivity index (χ2v) is 8.19. The quantitative estimate of drug-likeness (QED) is 0.628. The van der Waals surface area contributed by atoms with Gasteiger partial charge in [0, 0.05) is 29.7 Å². The zero-order valence-electron chi connectivity index (χ0n) is 14.7. The predicted molar refractivity (Wildman–Crippen MR) is 101 cm³/mol. The van der Waals surface area contributed by atoms with E-state index in [1.165, 1.54) is 0 Å². The van der Waals surface area contributed by atoms with Gasteiger partial charge in [0.15, 0.2) is 0 Å². The molecule has 3 aromatic rings. The number of thiophene rings is 1. The molecule has 0 spiro atoms. The van der Waals surface area contributed by atoms with Crippen molar-refractivity contribution in [2.45, 2.75) is 44.9 Å². The van der Waals surface area contributed by atoms with E-state index < -0.39 is 5.63 Å². The molecule has 0 aromatic carbocycles. The molecule has 1 unspecified atom stereocenters. The molecule has 1 saturated carbocycles. The average Bonchev–Trinajstić information content (AvgIpc) is 3.03. The maximum Gasteiger partial charge on any atom is 0.343 e. The Hall–Kier alpha value is -2.27. The van der Waals surface area contributed by atoms with Crippen LogP contribution in [0, 0.1) is 5.41 Å². The first-order chi connectivity index (χ1) is 12.6. The molecule has 4 rings (SSSR count). The van der Waals surface area contributed by atoms with Crippen molar-refractivity contribution < 1.29 is 13.9 Å². The molecule has 1 aliphatic carbocycles. The van der Waals surface area contributed by atoms with Gasteiger partial charge in [0.1, 0.15) is 17.3 Å². The Bertz CT molecular complexity index is 918. The lowest BCUT2D eigenvalue weighted by Crippen LogP contribution is -2.16. The summed E-state index contributed by atoms with van der Waals surface area (Å²) >= 11 is 1.59. The molecule has 5 heteroatoms. The zero-order chi connectivity index (χ0) is 18.1. The third-order valence-electron chi connectivity index (χ3n) is 5.30. The first-order valence-corrected chi connectivity index (χ1v) is 9.90. The molecular weight excluding hydrogens is 348 g/mol. The number of aromatic hydroxyl groups is 1. The summed E-state index contributed by atoms with van der Waals surface area (Å²) in [4.78, 5) is 13.7. The van der Waals surface area contributed by atoms with Crippen LogP contribution in [0.25, 0.3) is 0 Å². The van der Waals surface area contributed by atoms with Gasteiger partial charge in [0.25, 0.3) is 0 Å². The summed E-state index contributed by atoms with van der Waals surface area (Å²) in [7, 11) is 0. The van der Waals surface area contributed by atoms with Crippen molar-refractivity contribution in [2.24, 2.45) is 5.41 Å². The van der Waals surface area contributed by atoms with Crippen molar-refractivity contribution in [1.82, 2.24) is 0 Å². The SMILES string of the molecule is CCC(c1cccs1)c1c(O)cc(CC2(Cc3ccco3)CC2)oc1=O. The Morgan fingerprint density at radius 3 is 2.62 bits per heavy atom. The Labute approximate surface area is 156 Å². The van der Waals surface area contributed by atoms with Gasteiger partial charge in [-0.15, -0.1) is 11.3 Å². The highest BCUT2D eigenvalue weighted by molar-refractivity contribution is 7.10. The summed E-state index contributed by atoms with van der Waals surface area (Å²) in [5.41, 5.74) is 0.0308. The van der Waals surface area contributed by atoms with Crippen molar-refractivity contribution in [2.75, 3.05) is 0 Å². The van der Waals surface area contributed by atoms with Gasteiger partial charge in [-0.2, -0.15) is 0 Å². The van der Waals surface area contributed by atoms with Crippen LogP contribution in [-0.4, -0.2) is 5.11 Å². The molecule has 3 aromatic heterocycles. The second-order valence-electron chi connectivity index (χ2n) is 7.21. The fourth-order valence-corrected chi connectivity index (χ4v) is 4.65. The lowest BCUT2D eigenvalue weighted by molar-refractivity contribution is 0.358. The first-order valence-electron chi connectivity index (χ1n) is 9.02. The van der Waals surface area contributed by atoms with Crippen molar-refractivity contribution >= 4 is 11.3 Å². The van der Waals surface area contributed by atoms with Crippen molar-refractivity contribution in [1.29, 1.82) is 0 Å². The van der Waals surface area contributed by atoms with E-state index in [4.69, 9.17) is 8.83 Å². The van der Waals surface area contributed by atoms with Gasteiger partial charge in [-0.05, 0) is 48.3 Å². The zero-order valence-corrected chi connectivity index (χ0v) is 15.6. The van der Waals surface area contributed by atoms with Crippen molar-refractivity contribution in [3.05, 3.63) is 74.4 Å². The van der Waals surface area contributed by atoms with Gasteiger partial charge in [-0.3, -0.25) is 0 Å². The third kappa shape index (κ3) is 3.36. The smallest absolute Gasteiger partial charge is 0.343 e. The van der Waals surface area contributed by atoms with Gasteiger partial charge in [0.05, 0.1) is 11.8 Å². The molecule has 0 bridgehead atoms. The molecule has 1 aliphatic rings. The van der Waals surface area contributed by atoms with Crippen LogP contribution in [0.2, 0.25) is 0 Å². The van der Waals surface area contributed by atoms with Crippen LogP contribution in [0.5, 0.6) is 5.75 Å². The first kappa shape index (κ1) is 17.2. The summed E-state index contributed by atoms with van der Waals surface area (Å²) in [6, 6.07) is 9.45. The highest BCUT2D eigenvalue weighted by Crippen LogP contribution is 2.51. The maximum atomic E-state index is 12.6. The monoisotopic (exact) mass is 370 g/mol. The fourth-order valence-electron chi connectivity index (χ4n) is 3.73. The van der Waals surface area contributed by atoms with Gasteiger partial charge in [-0.1, -0.05) is 13.0 Å². The lowest BCUT2D eigenvalue weighted by atomic mass is 9.93. The van der Waals surface area contributed by atoms with E-state index in [-0.39, 0.29) is 17.1 Å². The average molecular weight is 370 g/mol. The molecule has 1 atom stereocenters. The number of furan rings is 1. The number of hydrogen-bond acceptors (Lipinski definition) is 5. The molecule has 0 saturated heterocycles. The van der Waals surface area contributed by atoms with E-state index in [9.17, 15) is 9.90 Å². The van der Waals surface area contributed by atoms with Crippen molar-refractivity contribution in [3.8, 4) is 5.75 Å². The molecule has 3 heterocycles. The highest BCUT2D eigenvalue weighted by atomic mass is 32.1. The normalized spacial score (nSPS) is 16.5. The number of hydrogen-bond donors (Lipinski definition) is 1. The van der Waals surface area contributed by atoms with Crippen LogP contribution >= 0.6 is 11.3 Å². The van der Waals surface area contributed by atoms with Crippen LogP contribution < -0.4 is 5.63 Å². The minimum absolute atomic E-state index is 0.0466. The molecule has 0 amide bonds. The van der Waals surface area contributed by atoms with Crippen LogP contribution in [0.1, 0.15) is 54.1 Å². The lowest BCUT2D eigenvalue weighted by Gasteiger charge is -2.16. The predicted octanol–water partition coefficient (Wildman–Crippen LogP) is 5.11. The summed E-state index contributed by atoms with van der Waals surface area (Å²) < 4.78 is 11.1. The molecule has 0 radical (unpaired) electrons. The Kier molecular flexibility index (Phi) is 4.49. The van der Waals surface area contributed by atoms with Crippen molar-refractivity contribution in [3.63, 3.8) is 0 Å². The minimum atomic E-state index is -0.422. The van der Waals surface area contributed by atoms with Crippen LogP contribution in [0.4, 0.5) is 0 Å². The topological polar surface area (TPSA) is 63.6 Å². The van der Waals surface area contributed by atoms with Crippen LogP contribution in [-0.2, 0) is 12.8 Å². The van der Waals surface area contributed by atoms with Crippen LogP contribution in [0.3, 0.4) is 0 Å². The van der Waals surface area contributed by atoms with E-state index >= 15 is 0 Å². The molecule has 4 nitrogen and oxygen atoms in total. The summed E-state index contributed by atoms with van der Waals surface area (Å²) in [6.45, 7) is 2.01. The fraction of sp³-hybridized carbons (Fsp3) is 0.381. The van der Waals surface area contributed by atoms with E-state index in [2.05, 4.69) is 0 Å². The number of rotatable bonds is 7. The molecular formula is C21H22O4S. The second kappa shape index (κ2) is 6.80. The van der Waals surface area contributed by atoms with Gasteiger partial charge < -0.3 is 13.9 Å². The molecule has 26 heavy (non-hydrogen) atoms. The van der Waals surface area contributed by atoms with E-state index in [0.717, 1.165) is 36.3 Å². The van der Waals surface area contributed by atoms with Gasteiger partial charge in [-0.25, -0.2) is 4.79 Å². The minimum Gasteiger partial charge on any atom is -0.507 e. The Balaban J connectivity index is 1.59. The Morgan fingerprint density at radius 1 is 1.23 bits per heavy atom. The van der Waals surface area contributed by atoms with Crippen LogP contribution in [0.15, 0.2) is 55.6 Å². The third-order valence-corrected chi connectivity index (χ3v) is 6.28. The highest BCUT2D eigenvalue weighted by Gasteiger charge is 2.44. The van der Waals surface area contributed by atoms with E-state index in [1.807, 2.05) is 36.6 Å². The summed E-state index contributed by atoms with van der Waals surface area (Å²) in [5, 5.41) is 12.6. The molecule has 136 valence electrons. The standard InChI is InChI=1S/C21H22O4S/c1-2-16(18-6-4-10-26-18)19-17(22)11-15(25-20(19)23)13-21(7-8-21)12-14-5-3-9-24-14/h3-6,9-11,16,22H,2,7-8,12-13H2,1H3. The largest absolute Gasteiger partial charge is 0.507 e. The van der Waals surface area contributed by atoms with Gasteiger partial charge >= 0.3 is 5.63 Å². The molecule has 1 N–H and O–H groups in total. The molecule has 1 fully saturated rings. The summed E-state index contributed by atoms with van der Waals surface area (Å²) in [5.74, 6) is 1.43. The summed E-state index contributed by atoms with van der Waals surface area (Å²) in [6.07, 6.45) is 6.05. The van der Waals surface area contributed by atoms with E-state index in [0.29, 0.717) is 17.7 Å². The Morgan fingerprint density at radius 2 is 2.04 bits per heavy atom. The van der Waals surface area contributed by atoms with E-state index in [1.54, 1.807) is 23.7 Å². The van der Waals surface area contributed by atoms with Gasteiger partial charge in [0.2, 0.25) is 0 Å².